The molecule has 0 bridgehead atoms. The van der Waals surface area contributed by atoms with Gasteiger partial charge in [0.2, 0.25) is 10.0 Å². The van der Waals surface area contributed by atoms with Gasteiger partial charge in [0, 0.05) is 45.6 Å². The van der Waals surface area contributed by atoms with Crippen LogP contribution in [0.2, 0.25) is 0 Å². The molecule has 1 aromatic heterocycles. The minimum absolute atomic E-state index is 0. The lowest BCUT2D eigenvalue weighted by atomic mass is 9.93. The van der Waals surface area contributed by atoms with Gasteiger partial charge in [-0.25, -0.2) is 18.1 Å². The first-order chi connectivity index (χ1) is 14.0. The van der Waals surface area contributed by atoms with Crippen molar-refractivity contribution in [3.05, 3.63) is 54.6 Å². The summed E-state index contributed by atoms with van der Waals surface area (Å²) in [6, 6.07) is 9.82. The molecule has 1 aliphatic heterocycles. The van der Waals surface area contributed by atoms with E-state index >= 15 is 0 Å². The lowest BCUT2D eigenvalue weighted by molar-refractivity contribution is 0.189. The van der Waals surface area contributed by atoms with Gasteiger partial charge in [-0.15, -0.1) is 24.0 Å². The number of hydrogen-bond acceptors (Lipinski definition) is 4. The summed E-state index contributed by atoms with van der Waals surface area (Å²) < 4.78 is 29.4. The molecule has 0 amide bonds. The third-order valence-corrected chi connectivity index (χ3v) is 6.66. The monoisotopic (exact) mass is 546 g/mol. The lowest BCUT2D eigenvalue weighted by Gasteiger charge is -2.39. The number of benzene rings is 1. The highest BCUT2D eigenvalue weighted by Crippen LogP contribution is 2.27. The van der Waals surface area contributed by atoms with E-state index in [1.165, 1.54) is 0 Å². The van der Waals surface area contributed by atoms with Crippen LogP contribution in [0.5, 0.6) is 0 Å². The Labute approximate surface area is 196 Å². The summed E-state index contributed by atoms with van der Waals surface area (Å²) in [5.74, 6) is 1.27. The predicted molar refractivity (Wildman–Crippen MR) is 130 cm³/mol. The first-order valence-corrected chi connectivity index (χ1v) is 11.6. The van der Waals surface area contributed by atoms with Crippen LogP contribution in [0.15, 0.2) is 54.0 Å². The molecule has 2 unspecified atom stereocenters. The third-order valence-electron chi connectivity index (χ3n) is 5.33. The molecule has 2 atom stereocenters. The SMILES string of the molecule is CN=C(NCCS(=O)(=O)NCc1ccccc1)N1CCC(C)C(n2ccnc2)C1.I. The van der Waals surface area contributed by atoms with Crippen LogP contribution in [0.25, 0.3) is 0 Å². The van der Waals surface area contributed by atoms with Gasteiger partial charge in [0.05, 0.1) is 18.1 Å². The maximum Gasteiger partial charge on any atom is 0.213 e. The van der Waals surface area contributed by atoms with Crippen LogP contribution < -0.4 is 10.0 Å². The molecule has 2 heterocycles. The van der Waals surface area contributed by atoms with Gasteiger partial charge in [0.25, 0.3) is 0 Å². The molecule has 1 aliphatic rings. The normalized spacial score (nSPS) is 19.9. The molecule has 0 radical (unpaired) electrons. The summed E-state index contributed by atoms with van der Waals surface area (Å²) in [5, 5.41) is 3.21. The number of aliphatic imine (C=N–C) groups is 1. The van der Waals surface area contributed by atoms with Crippen LogP contribution in [0.1, 0.15) is 24.9 Å². The average molecular weight is 546 g/mol. The highest BCUT2D eigenvalue weighted by Gasteiger charge is 2.28. The molecule has 8 nitrogen and oxygen atoms in total. The Balaban J connectivity index is 0.00000320. The van der Waals surface area contributed by atoms with E-state index in [2.05, 4.69) is 36.4 Å². The molecule has 2 aromatic rings. The second-order valence-corrected chi connectivity index (χ2v) is 9.32. The van der Waals surface area contributed by atoms with E-state index in [1.54, 1.807) is 13.2 Å². The quantitative estimate of drug-likeness (QED) is 0.315. The summed E-state index contributed by atoms with van der Waals surface area (Å²) in [7, 11) is -1.64. The number of rotatable bonds is 7. The molecule has 2 N–H and O–H groups in total. The summed E-state index contributed by atoms with van der Waals surface area (Å²) >= 11 is 0. The summed E-state index contributed by atoms with van der Waals surface area (Å²) in [4.78, 5) is 10.7. The lowest BCUT2D eigenvalue weighted by Crippen LogP contribution is -2.50. The minimum atomic E-state index is -3.37. The van der Waals surface area contributed by atoms with Crippen LogP contribution >= 0.6 is 24.0 Å². The van der Waals surface area contributed by atoms with Gasteiger partial charge < -0.3 is 14.8 Å². The van der Waals surface area contributed by atoms with E-state index in [1.807, 2.05) is 42.9 Å². The summed E-state index contributed by atoms with van der Waals surface area (Å²) in [6.07, 6.45) is 6.68. The number of sulfonamides is 1. The number of piperidine rings is 1. The molecule has 10 heteroatoms. The highest BCUT2D eigenvalue weighted by molar-refractivity contribution is 14.0. The maximum atomic E-state index is 12.3. The zero-order chi connectivity index (χ0) is 20.7. The number of nitrogens with zero attached hydrogens (tertiary/aromatic N) is 4. The maximum absolute atomic E-state index is 12.3. The van der Waals surface area contributed by atoms with Crippen molar-refractivity contribution >= 4 is 40.0 Å². The number of likely N-dealkylation sites (tertiary alicyclic amines) is 1. The first kappa shape index (κ1) is 24.6. The van der Waals surface area contributed by atoms with Gasteiger partial charge in [-0.05, 0) is 17.9 Å². The van der Waals surface area contributed by atoms with Crippen LogP contribution in [0.3, 0.4) is 0 Å². The van der Waals surface area contributed by atoms with Crippen LogP contribution in [0, 0.1) is 5.92 Å². The van der Waals surface area contributed by atoms with Crippen molar-refractivity contribution < 1.29 is 8.42 Å². The van der Waals surface area contributed by atoms with Gasteiger partial charge in [-0.1, -0.05) is 37.3 Å². The zero-order valence-corrected chi connectivity index (χ0v) is 20.6. The first-order valence-electron chi connectivity index (χ1n) is 9.93. The second-order valence-electron chi connectivity index (χ2n) is 7.39. The Morgan fingerprint density at radius 1 is 1.30 bits per heavy atom. The van der Waals surface area contributed by atoms with Gasteiger partial charge in [0.15, 0.2) is 5.96 Å². The van der Waals surface area contributed by atoms with Gasteiger partial charge >= 0.3 is 0 Å². The highest BCUT2D eigenvalue weighted by atomic mass is 127. The van der Waals surface area contributed by atoms with Crippen molar-refractivity contribution in [2.24, 2.45) is 10.9 Å². The van der Waals surface area contributed by atoms with E-state index in [-0.39, 0.29) is 29.7 Å². The number of aromatic nitrogens is 2. The molecule has 0 aliphatic carbocycles. The standard InChI is InChI=1S/C20H30N6O2S.HI/c1-17-8-11-25(15-19(17)26-12-9-22-16-26)20(21-2)23-10-13-29(27,28)24-14-18-6-4-3-5-7-18;/h3-7,9,12,16-17,19,24H,8,10-11,13-15H2,1-2H3,(H,21,23);1H. The molecule has 0 saturated carbocycles. The van der Waals surface area contributed by atoms with Crippen molar-refractivity contribution in [2.75, 3.05) is 32.4 Å². The molecule has 1 fully saturated rings. The van der Waals surface area contributed by atoms with Crippen LogP contribution in [-0.2, 0) is 16.6 Å². The van der Waals surface area contributed by atoms with Gasteiger partial charge in [-0.2, -0.15) is 0 Å². The number of guanidine groups is 1. The Morgan fingerprint density at radius 2 is 2.07 bits per heavy atom. The molecular weight excluding hydrogens is 515 g/mol. The van der Waals surface area contributed by atoms with Crippen molar-refractivity contribution in [2.45, 2.75) is 25.9 Å². The van der Waals surface area contributed by atoms with E-state index < -0.39 is 10.0 Å². The topological polar surface area (TPSA) is 91.6 Å². The van der Waals surface area contributed by atoms with Crippen molar-refractivity contribution in [1.82, 2.24) is 24.5 Å². The second kappa shape index (κ2) is 11.7. The fourth-order valence-corrected chi connectivity index (χ4v) is 4.49. The van der Waals surface area contributed by atoms with E-state index in [0.29, 0.717) is 25.0 Å². The minimum Gasteiger partial charge on any atom is -0.355 e. The summed E-state index contributed by atoms with van der Waals surface area (Å²) in [5.41, 5.74) is 0.938. The zero-order valence-electron chi connectivity index (χ0n) is 17.4. The van der Waals surface area contributed by atoms with E-state index in [0.717, 1.165) is 31.0 Å². The molecule has 1 aromatic carbocycles. The van der Waals surface area contributed by atoms with Crippen molar-refractivity contribution in [1.29, 1.82) is 0 Å². The molecular formula is C20H31IN6O2S. The number of nitrogens with one attached hydrogen (secondary N) is 2. The van der Waals surface area contributed by atoms with E-state index in [9.17, 15) is 8.42 Å². The Bertz CT molecular complexity index is 889. The molecule has 166 valence electrons. The molecule has 30 heavy (non-hydrogen) atoms. The predicted octanol–water partition coefficient (Wildman–Crippen LogP) is 2.08. The Kier molecular flexibility index (Phi) is 9.56. The molecule has 0 spiro atoms. The fraction of sp³-hybridized carbons (Fsp3) is 0.500. The Morgan fingerprint density at radius 3 is 2.73 bits per heavy atom. The van der Waals surface area contributed by atoms with Crippen molar-refractivity contribution in [3.8, 4) is 0 Å². The third kappa shape index (κ3) is 6.95. The van der Waals surface area contributed by atoms with Crippen LogP contribution in [-0.4, -0.2) is 61.3 Å². The fourth-order valence-electron chi connectivity index (χ4n) is 3.59. The van der Waals surface area contributed by atoms with Gasteiger partial charge in [0.1, 0.15) is 0 Å². The van der Waals surface area contributed by atoms with Crippen LogP contribution in [0.4, 0.5) is 0 Å². The van der Waals surface area contributed by atoms with E-state index in [4.69, 9.17) is 0 Å². The smallest absolute Gasteiger partial charge is 0.213 e. The number of imidazole rings is 1. The molecule has 3 rings (SSSR count). The Hall–Kier alpha value is -1.66. The number of halogens is 1. The van der Waals surface area contributed by atoms with Crippen molar-refractivity contribution in [3.63, 3.8) is 0 Å². The number of hydrogen-bond donors (Lipinski definition) is 2. The average Bonchev–Trinajstić information content (AvgIpc) is 3.26. The summed E-state index contributed by atoms with van der Waals surface area (Å²) in [6.45, 7) is 4.57. The van der Waals surface area contributed by atoms with Gasteiger partial charge in [-0.3, -0.25) is 4.99 Å². The largest absolute Gasteiger partial charge is 0.355 e. The molecule has 1 saturated heterocycles.